The van der Waals surface area contributed by atoms with E-state index >= 15 is 0 Å². The molecule has 0 aliphatic carbocycles. The van der Waals surface area contributed by atoms with E-state index in [0.717, 1.165) is 0 Å². The van der Waals surface area contributed by atoms with Crippen molar-refractivity contribution in [1.82, 2.24) is 0 Å². The molecule has 1 rings (SSSR count). The minimum Gasteiger partial charge on any atom is -0.493 e. The van der Waals surface area contributed by atoms with Crippen LogP contribution in [0.1, 0.15) is 12.5 Å². The molecule has 0 aliphatic heterocycles. The highest BCUT2D eigenvalue weighted by Crippen LogP contribution is 2.62. The Bertz CT molecular complexity index is 477. The molecular formula is C12H19O6P. The van der Waals surface area contributed by atoms with Gasteiger partial charge in [0.15, 0.2) is 16.8 Å². The van der Waals surface area contributed by atoms with E-state index < -0.39 is 12.9 Å². The first-order chi connectivity index (χ1) is 8.86. The van der Waals surface area contributed by atoms with Crippen LogP contribution in [0.25, 0.3) is 0 Å². The zero-order chi connectivity index (χ0) is 14.7. The Morgan fingerprint density at radius 3 is 2.00 bits per heavy atom. The highest BCUT2D eigenvalue weighted by molar-refractivity contribution is 7.54. The second-order valence-electron chi connectivity index (χ2n) is 3.95. The lowest BCUT2D eigenvalue weighted by Crippen LogP contribution is -2.23. The van der Waals surface area contributed by atoms with Gasteiger partial charge in [0.05, 0.1) is 14.2 Å². The molecule has 1 aromatic carbocycles. The highest BCUT2D eigenvalue weighted by Gasteiger charge is 2.46. The zero-order valence-electron chi connectivity index (χ0n) is 11.7. The number of ether oxygens (including phenoxy) is 2. The van der Waals surface area contributed by atoms with Gasteiger partial charge in [-0.05, 0) is 24.6 Å². The van der Waals surface area contributed by atoms with Crippen molar-refractivity contribution in [3.05, 3.63) is 23.8 Å². The van der Waals surface area contributed by atoms with E-state index in [2.05, 4.69) is 0 Å². The number of aliphatic hydroxyl groups is 1. The van der Waals surface area contributed by atoms with Crippen LogP contribution in [0.2, 0.25) is 0 Å². The third-order valence-corrected chi connectivity index (χ3v) is 5.23. The van der Waals surface area contributed by atoms with Gasteiger partial charge in [-0.15, -0.1) is 0 Å². The smallest absolute Gasteiger partial charge is 0.365 e. The normalized spacial score (nSPS) is 14.8. The number of hydrogen-bond acceptors (Lipinski definition) is 6. The van der Waals surface area contributed by atoms with Gasteiger partial charge in [0.25, 0.3) is 0 Å². The Balaban J connectivity index is 3.33. The third kappa shape index (κ3) is 2.77. The van der Waals surface area contributed by atoms with Crippen LogP contribution in [-0.2, 0) is 19.0 Å². The molecule has 0 amide bonds. The SMILES string of the molecule is COc1ccc(C(C)(O)P(=O)(OC)OC)cc1OC. The van der Waals surface area contributed by atoms with Gasteiger partial charge in [-0.3, -0.25) is 4.57 Å². The van der Waals surface area contributed by atoms with E-state index in [9.17, 15) is 9.67 Å². The van der Waals surface area contributed by atoms with E-state index in [4.69, 9.17) is 18.5 Å². The molecule has 0 heterocycles. The van der Waals surface area contributed by atoms with Crippen LogP contribution in [-0.4, -0.2) is 33.5 Å². The lowest BCUT2D eigenvalue weighted by molar-refractivity contribution is 0.0929. The summed E-state index contributed by atoms with van der Waals surface area (Å²) >= 11 is 0. The van der Waals surface area contributed by atoms with Crippen LogP contribution in [0, 0.1) is 0 Å². The average molecular weight is 290 g/mol. The molecule has 1 unspecified atom stereocenters. The molecule has 0 fully saturated rings. The standard InChI is InChI=1S/C12H19O6P/c1-12(13,19(14,17-4)18-5)9-6-7-10(15-2)11(8-9)16-3/h6-8,13H,1-5H3. The third-order valence-electron chi connectivity index (χ3n) is 2.94. The van der Waals surface area contributed by atoms with E-state index in [-0.39, 0.29) is 0 Å². The van der Waals surface area contributed by atoms with Gasteiger partial charge < -0.3 is 23.6 Å². The number of benzene rings is 1. The van der Waals surface area contributed by atoms with Crippen LogP contribution in [0.15, 0.2) is 18.2 Å². The van der Waals surface area contributed by atoms with E-state index in [1.165, 1.54) is 41.4 Å². The van der Waals surface area contributed by atoms with Crippen molar-refractivity contribution >= 4 is 7.60 Å². The predicted octanol–water partition coefficient (Wildman–Crippen LogP) is 2.35. The molecule has 0 radical (unpaired) electrons. The fourth-order valence-electron chi connectivity index (χ4n) is 1.72. The van der Waals surface area contributed by atoms with Crippen LogP contribution >= 0.6 is 7.60 Å². The number of methoxy groups -OCH3 is 2. The summed E-state index contributed by atoms with van der Waals surface area (Å²) in [6.45, 7) is 1.36. The molecule has 0 spiro atoms. The van der Waals surface area contributed by atoms with Gasteiger partial charge in [0.1, 0.15) is 0 Å². The summed E-state index contributed by atoms with van der Waals surface area (Å²) < 4.78 is 32.3. The second-order valence-corrected chi connectivity index (χ2v) is 6.55. The topological polar surface area (TPSA) is 74.2 Å². The molecule has 0 aromatic heterocycles. The first-order valence-electron chi connectivity index (χ1n) is 5.52. The van der Waals surface area contributed by atoms with Gasteiger partial charge in [-0.1, -0.05) is 6.07 Å². The summed E-state index contributed by atoms with van der Waals surface area (Å²) in [5.74, 6) is 0.922. The molecular weight excluding hydrogens is 271 g/mol. The maximum absolute atomic E-state index is 12.4. The molecule has 7 heteroatoms. The lowest BCUT2D eigenvalue weighted by atomic mass is 10.1. The van der Waals surface area contributed by atoms with Crippen molar-refractivity contribution in [2.45, 2.75) is 12.3 Å². The molecule has 6 nitrogen and oxygen atoms in total. The zero-order valence-corrected chi connectivity index (χ0v) is 12.6. The molecule has 1 atom stereocenters. The van der Waals surface area contributed by atoms with Crippen molar-refractivity contribution in [1.29, 1.82) is 0 Å². The van der Waals surface area contributed by atoms with Crippen molar-refractivity contribution in [2.75, 3.05) is 28.4 Å². The Morgan fingerprint density at radius 1 is 1.05 bits per heavy atom. The van der Waals surface area contributed by atoms with Gasteiger partial charge in [-0.2, -0.15) is 0 Å². The molecule has 108 valence electrons. The first-order valence-corrected chi connectivity index (χ1v) is 7.07. The first kappa shape index (κ1) is 16.0. The van der Waals surface area contributed by atoms with Crippen molar-refractivity contribution in [2.24, 2.45) is 0 Å². The van der Waals surface area contributed by atoms with Crippen LogP contribution < -0.4 is 9.47 Å². The molecule has 0 saturated heterocycles. The van der Waals surface area contributed by atoms with Gasteiger partial charge in [0, 0.05) is 14.2 Å². The molecule has 0 aliphatic rings. The Morgan fingerprint density at radius 2 is 1.58 bits per heavy atom. The summed E-state index contributed by atoms with van der Waals surface area (Å²) in [6, 6.07) is 4.72. The predicted molar refractivity (Wildman–Crippen MR) is 70.7 cm³/mol. The van der Waals surface area contributed by atoms with E-state index in [1.807, 2.05) is 0 Å². The van der Waals surface area contributed by atoms with Gasteiger partial charge in [0.2, 0.25) is 0 Å². The summed E-state index contributed by atoms with van der Waals surface area (Å²) in [4.78, 5) is 0. The molecule has 1 N–H and O–H groups in total. The number of rotatable bonds is 6. The lowest BCUT2D eigenvalue weighted by Gasteiger charge is -2.30. The summed E-state index contributed by atoms with van der Waals surface area (Å²) in [6.07, 6.45) is 0. The second kappa shape index (κ2) is 5.92. The van der Waals surface area contributed by atoms with Crippen molar-refractivity contribution < 1.29 is 28.2 Å². The van der Waals surface area contributed by atoms with Crippen LogP contribution in [0.5, 0.6) is 11.5 Å². The largest absolute Gasteiger partial charge is 0.493 e. The summed E-state index contributed by atoms with van der Waals surface area (Å²) in [5.41, 5.74) is 0.345. The molecule has 1 aromatic rings. The molecule has 19 heavy (non-hydrogen) atoms. The van der Waals surface area contributed by atoms with Crippen molar-refractivity contribution in [3.63, 3.8) is 0 Å². The van der Waals surface area contributed by atoms with Crippen LogP contribution in [0.4, 0.5) is 0 Å². The Hall–Kier alpha value is -1.07. The summed E-state index contributed by atoms with van der Waals surface area (Å²) in [7, 11) is 1.72. The monoisotopic (exact) mass is 290 g/mol. The maximum atomic E-state index is 12.4. The fraction of sp³-hybridized carbons (Fsp3) is 0.500. The quantitative estimate of drug-likeness (QED) is 0.811. The van der Waals surface area contributed by atoms with Crippen molar-refractivity contribution in [3.8, 4) is 11.5 Å². The maximum Gasteiger partial charge on any atom is 0.365 e. The van der Waals surface area contributed by atoms with E-state index in [1.54, 1.807) is 12.1 Å². The molecule has 0 saturated carbocycles. The molecule has 0 bridgehead atoms. The van der Waals surface area contributed by atoms with E-state index in [0.29, 0.717) is 17.1 Å². The van der Waals surface area contributed by atoms with Gasteiger partial charge >= 0.3 is 7.60 Å². The summed E-state index contributed by atoms with van der Waals surface area (Å²) in [5, 5.41) is 8.68. The average Bonchev–Trinajstić information content (AvgIpc) is 2.45. The Labute approximate surface area is 112 Å². The fourth-order valence-corrected chi connectivity index (χ4v) is 3.03. The Kier molecular flexibility index (Phi) is 4.98. The minimum absolute atomic E-state index is 0.345. The highest BCUT2D eigenvalue weighted by atomic mass is 31.2. The number of hydrogen-bond donors (Lipinski definition) is 1. The van der Waals surface area contributed by atoms with Gasteiger partial charge in [-0.25, -0.2) is 0 Å². The minimum atomic E-state index is -3.70. The van der Waals surface area contributed by atoms with Crippen LogP contribution in [0.3, 0.4) is 0 Å².